The summed E-state index contributed by atoms with van der Waals surface area (Å²) >= 11 is -0.758. The van der Waals surface area contributed by atoms with Crippen LogP contribution in [-0.4, -0.2) is 25.6 Å². The minimum absolute atomic E-state index is 0.258. The van der Waals surface area contributed by atoms with Crippen LogP contribution in [0.15, 0.2) is 0 Å². The van der Waals surface area contributed by atoms with E-state index in [1.54, 1.807) is 0 Å². The molecule has 1 atom stereocenters. The second kappa shape index (κ2) is 6.48. The van der Waals surface area contributed by atoms with Gasteiger partial charge in [0.05, 0.1) is 0 Å². The van der Waals surface area contributed by atoms with Gasteiger partial charge in [0.1, 0.15) is 0 Å². The molecule has 13 heavy (non-hydrogen) atoms. The molecule has 0 rings (SSSR count). The van der Waals surface area contributed by atoms with Crippen LogP contribution in [0.1, 0.15) is 46.5 Å². The van der Waals surface area contributed by atoms with E-state index in [4.69, 9.17) is 5.11 Å². The van der Waals surface area contributed by atoms with E-state index in [-0.39, 0.29) is 5.41 Å². The molecule has 0 amide bonds. The standard InChI is InChI=1S/C10H21AsO2/c1-4-5-6-7-10(2,3)8-11-9(12)13/h11H,4-8H2,1-3H3,(H,12,13). The summed E-state index contributed by atoms with van der Waals surface area (Å²) in [6.45, 7) is 6.57. The molecule has 0 radical (unpaired) electrons. The van der Waals surface area contributed by atoms with Crippen LogP contribution < -0.4 is 0 Å². The Bertz CT molecular complexity index is 155. The first-order valence-electron chi connectivity index (χ1n) is 4.95. The molecule has 0 heterocycles. The molecule has 2 nitrogen and oxygen atoms in total. The average Bonchev–Trinajstić information content (AvgIpc) is 2.02. The van der Waals surface area contributed by atoms with Crippen molar-refractivity contribution in [2.45, 2.75) is 51.7 Å². The van der Waals surface area contributed by atoms with E-state index in [0.29, 0.717) is 0 Å². The third-order valence-electron chi connectivity index (χ3n) is 2.18. The van der Waals surface area contributed by atoms with Crippen molar-refractivity contribution in [3.05, 3.63) is 0 Å². The predicted molar refractivity (Wildman–Crippen MR) is 57.9 cm³/mol. The number of carbonyl (C=O) groups is 1. The average molecular weight is 248 g/mol. The van der Waals surface area contributed by atoms with Crippen molar-refractivity contribution in [2.24, 2.45) is 5.41 Å². The van der Waals surface area contributed by atoms with Gasteiger partial charge in [-0.2, -0.15) is 0 Å². The first-order valence-corrected chi connectivity index (χ1v) is 7.48. The van der Waals surface area contributed by atoms with Crippen LogP contribution in [0.3, 0.4) is 0 Å². The zero-order chi connectivity index (χ0) is 10.3. The first-order chi connectivity index (χ1) is 5.98. The zero-order valence-electron chi connectivity index (χ0n) is 8.89. The second-order valence-electron chi connectivity index (χ2n) is 4.28. The quantitative estimate of drug-likeness (QED) is 0.555. The van der Waals surface area contributed by atoms with Crippen molar-refractivity contribution < 1.29 is 9.90 Å². The molecule has 0 saturated heterocycles. The van der Waals surface area contributed by atoms with Gasteiger partial charge in [0, 0.05) is 0 Å². The second-order valence-corrected chi connectivity index (χ2v) is 6.66. The number of rotatable bonds is 7. The SMILES string of the molecule is CCCCCC(C)(C)C[AsH]C(=O)O. The number of hydrogen-bond donors (Lipinski definition) is 1. The fourth-order valence-corrected chi connectivity index (χ4v) is 2.95. The molecule has 0 aromatic heterocycles. The molecule has 78 valence electrons. The third kappa shape index (κ3) is 8.36. The monoisotopic (exact) mass is 248 g/mol. The van der Waals surface area contributed by atoms with Gasteiger partial charge in [-0.05, 0) is 0 Å². The maximum atomic E-state index is 10.4. The molecule has 0 aromatic carbocycles. The van der Waals surface area contributed by atoms with Gasteiger partial charge in [0.25, 0.3) is 0 Å². The van der Waals surface area contributed by atoms with Gasteiger partial charge in [0.15, 0.2) is 0 Å². The van der Waals surface area contributed by atoms with E-state index in [1.165, 1.54) is 25.7 Å². The topological polar surface area (TPSA) is 37.3 Å². The molecule has 0 bridgehead atoms. The third-order valence-corrected chi connectivity index (χ3v) is 5.19. The normalized spacial score (nSPS) is 12.5. The molecule has 0 spiro atoms. The van der Waals surface area contributed by atoms with E-state index in [0.717, 1.165) is 5.21 Å². The van der Waals surface area contributed by atoms with Crippen LogP contribution in [0.2, 0.25) is 5.21 Å². The summed E-state index contributed by atoms with van der Waals surface area (Å²) in [6.07, 6.45) is 4.94. The Morgan fingerprint density at radius 2 is 2.00 bits per heavy atom. The van der Waals surface area contributed by atoms with Crippen molar-refractivity contribution >= 4 is 20.5 Å². The van der Waals surface area contributed by atoms with Crippen LogP contribution in [0.4, 0.5) is 4.79 Å². The summed E-state index contributed by atoms with van der Waals surface area (Å²) in [5, 5.41) is 9.53. The van der Waals surface area contributed by atoms with Crippen LogP contribution in [0.25, 0.3) is 0 Å². The Morgan fingerprint density at radius 1 is 1.38 bits per heavy atom. The van der Waals surface area contributed by atoms with Crippen molar-refractivity contribution in [3.63, 3.8) is 0 Å². The Hall–Kier alpha value is 0.0284. The molecular formula is C10H21AsO2. The Balaban J connectivity index is 3.59. The Labute approximate surface area is 87.8 Å². The molecule has 0 aliphatic heterocycles. The van der Waals surface area contributed by atoms with Gasteiger partial charge in [-0.25, -0.2) is 0 Å². The van der Waals surface area contributed by atoms with Crippen molar-refractivity contribution in [1.29, 1.82) is 0 Å². The molecule has 1 N–H and O–H groups in total. The minimum atomic E-state index is -0.758. The van der Waals surface area contributed by atoms with Gasteiger partial charge >= 0.3 is 87.5 Å². The molecule has 3 heteroatoms. The molecule has 0 fully saturated rings. The maximum absolute atomic E-state index is 10.4. The van der Waals surface area contributed by atoms with Crippen LogP contribution in [-0.2, 0) is 0 Å². The van der Waals surface area contributed by atoms with Crippen LogP contribution in [0.5, 0.6) is 0 Å². The van der Waals surface area contributed by atoms with E-state index in [9.17, 15) is 4.79 Å². The summed E-state index contributed by atoms with van der Waals surface area (Å²) in [4.78, 5) is 10.4. The van der Waals surface area contributed by atoms with Gasteiger partial charge < -0.3 is 0 Å². The first kappa shape index (κ1) is 13.0. The fraction of sp³-hybridized carbons (Fsp3) is 0.900. The van der Waals surface area contributed by atoms with Gasteiger partial charge in [-0.15, -0.1) is 0 Å². The number of hydrogen-bond acceptors (Lipinski definition) is 1. The summed E-state index contributed by atoms with van der Waals surface area (Å²) in [7, 11) is 0. The molecule has 0 saturated carbocycles. The summed E-state index contributed by atoms with van der Waals surface area (Å²) in [5.74, 6) is 0. The van der Waals surface area contributed by atoms with Crippen molar-refractivity contribution in [3.8, 4) is 0 Å². The van der Waals surface area contributed by atoms with Gasteiger partial charge in [-0.3, -0.25) is 0 Å². The van der Waals surface area contributed by atoms with E-state index in [1.807, 2.05) is 0 Å². The van der Waals surface area contributed by atoms with E-state index >= 15 is 0 Å². The fourth-order valence-electron chi connectivity index (χ4n) is 1.26. The summed E-state index contributed by atoms with van der Waals surface area (Å²) < 4.78 is -0.552. The molecule has 0 aliphatic rings. The molecular weight excluding hydrogens is 227 g/mol. The van der Waals surface area contributed by atoms with Crippen LogP contribution in [0, 0.1) is 5.41 Å². The van der Waals surface area contributed by atoms with Gasteiger partial charge in [-0.1, -0.05) is 0 Å². The number of unbranched alkanes of at least 4 members (excludes halogenated alkanes) is 2. The molecule has 1 unspecified atom stereocenters. The summed E-state index contributed by atoms with van der Waals surface area (Å²) in [5.41, 5.74) is 0.258. The summed E-state index contributed by atoms with van der Waals surface area (Å²) in [6, 6.07) is 0. The van der Waals surface area contributed by atoms with E-state index < -0.39 is 20.5 Å². The zero-order valence-corrected chi connectivity index (χ0v) is 11.0. The predicted octanol–water partition coefficient (Wildman–Crippen LogP) is 3.13. The van der Waals surface area contributed by atoms with Gasteiger partial charge in [0.2, 0.25) is 0 Å². The van der Waals surface area contributed by atoms with E-state index in [2.05, 4.69) is 20.8 Å². The van der Waals surface area contributed by atoms with Crippen molar-refractivity contribution in [1.82, 2.24) is 0 Å². The van der Waals surface area contributed by atoms with Crippen LogP contribution >= 0.6 is 0 Å². The molecule has 0 aromatic rings. The Kier molecular flexibility index (Phi) is 6.49. The molecule has 0 aliphatic carbocycles. The number of carboxylic acid groups (broad SMARTS) is 1. The van der Waals surface area contributed by atoms with Crippen molar-refractivity contribution in [2.75, 3.05) is 0 Å². The Morgan fingerprint density at radius 3 is 2.46 bits per heavy atom.